The second-order valence-electron chi connectivity index (χ2n) is 3.94. The van der Waals surface area contributed by atoms with Crippen LogP contribution in [0.4, 0.5) is 5.13 Å². The minimum Gasteiger partial charge on any atom is -0.344 e. The zero-order chi connectivity index (χ0) is 12.3. The topological polar surface area (TPSA) is 87.1 Å². The van der Waals surface area contributed by atoms with E-state index >= 15 is 0 Å². The maximum Gasteiger partial charge on any atom is 0.320 e. The van der Waals surface area contributed by atoms with Crippen LogP contribution in [0.25, 0.3) is 0 Å². The molecule has 6 nitrogen and oxygen atoms in total. The first-order valence-electron chi connectivity index (χ1n) is 5.41. The van der Waals surface area contributed by atoms with Crippen LogP contribution in [0, 0.1) is 5.41 Å². The Labute approximate surface area is 103 Å². The molecule has 0 fully saturated rings. The van der Waals surface area contributed by atoms with Gasteiger partial charge in [0.1, 0.15) is 0 Å². The Hall–Kier alpha value is -1.63. The fourth-order valence-electron chi connectivity index (χ4n) is 1.90. The van der Waals surface area contributed by atoms with Crippen molar-refractivity contribution in [2.45, 2.75) is 32.1 Å². The van der Waals surface area contributed by atoms with Crippen LogP contribution < -0.4 is 10.8 Å². The van der Waals surface area contributed by atoms with Gasteiger partial charge in [-0.3, -0.25) is 15.5 Å². The number of aromatic nitrogens is 1. The van der Waals surface area contributed by atoms with Crippen LogP contribution in [-0.2, 0) is 16.1 Å². The molecule has 0 aromatic carbocycles. The number of aryl methyl sites for hydroxylation is 1. The van der Waals surface area contributed by atoms with E-state index in [1.54, 1.807) is 11.3 Å². The zero-order valence-corrected chi connectivity index (χ0v) is 10.3. The van der Waals surface area contributed by atoms with Crippen LogP contribution in [0.1, 0.15) is 36.3 Å². The van der Waals surface area contributed by atoms with Gasteiger partial charge in [-0.2, -0.15) is 5.48 Å². The second kappa shape index (κ2) is 5.13. The molecule has 1 aromatic heterocycles. The van der Waals surface area contributed by atoms with E-state index in [1.807, 2.05) is 0 Å². The summed E-state index contributed by atoms with van der Waals surface area (Å²) in [6.45, 7) is 2.39. The molecule has 0 spiro atoms. The molecule has 0 amide bonds. The first-order valence-corrected chi connectivity index (χ1v) is 6.23. The molecule has 92 valence electrons. The van der Waals surface area contributed by atoms with Gasteiger partial charge in [0.05, 0.1) is 5.69 Å². The monoisotopic (exact) mass is 254 g/mol. The molecule has 1 atom stereocenters. The smallest absolute Gasteiger partial charge is 0.320 e. The molecule has 0 radical (unpaired) electrons. The minimum absolute atomic E-state index is 0.101. The fourth-order valence-corrected chi connectivity index (χ4v) is 3.03. The summed E-state index contributed by atoms with van der Waals surface area (Å²) in [5, 5.41) is 10.9. The highest BCUT2D eigenvalue weighted by Gasteiger charge is 2.21. The molecule has 17 heavy (non-hydrogen) atoms. The highest BCUT2D eigenvalue weighted by molar-refractivity contribution is 7.15. The number of rotatable bonds is 3. The molecule has 0 saturated carbocycles. The van der Waals surface area contributed by atoms with Crippen LogP contribution >= 0.6 is 11.3 Å². The van der Waals surface area contributed by atoms with E-state index in [0.29, 0.717) is 11.0 Å². The van der Waals surface area contributed by atoms with Crippen molar-refractivity contribution in [3.8, 4) is 0 Å². The van der Waals surface area contributed by atoms with Gasteiger partial charge >= 0.3 is 6.47 Å². The summed E-state index contributed by atoms with van der Waals surface area (Å²) in [4.78, 5) is 19.9. The lowest BCUT2D eigenvalue weighted by Gasteiger charge is -2.15. The molecule has 0 aliphatic heterocycles. The SMILES string of the molecule is CC1CCCc2sc(NC(=N)NOC=O)nc21. The molecule has 3 N–H and O–H groups in total. The average molecular weight is 254 g/mol. The van der Waals surface area contributed by atoms with Crippen molar-refractivity contribution < 1.29 is 9.63 Å². The van der Waals surface area contributed by atoms with E-state index in [0.717, 1.165) is 12.1 Å². The predicted octanol–water partition coefficient (Wildman–Crippen LogP) is 1.61. The minimum atomic E-state index is -0.101. The number of thiazole rings is 1. The summed E-state index contributed by atoms with van der Waals surface area (Å²) in [7, 11) is 0. The van der Waals surface area contributed by atoms with Gasteiger partial charge in [-0.1, -0.05) is 6.92 Å². The number of nitrogens with one attached hydrogen (secondary N) is 3. The second-order valence-corrected chi connectivity index (χ2v) is 5.02. The molecule has 1 heterocycles. The summed E-state index contributed by atoms with van der Waals surface area (Å²) >= 11 is 1.55. The van der Waals surface area contributed by atoms with Crippen LogP contribution in [0.15, 0.2) is 0 Å². The summed E-state index contributed by atoms with van der Waals surface area (Å²) in [6.07, 6.45) is 3.42. The van der Waals surface area contributed by atoms with Gasteiger partial charge < -0.3 is 4.84 Å². The molecule has 1 unspecified atom stereocenters. The third-order valence-electron chi connectivity index (χ3n) is 2.68. The number of hydrogen-bond acceptors (Lipinski definition) is 5. The average Bonchev–Trinajstić information content (AvgIpc) is 2.70. The van der Waals surface area contributed by atoms with Crippen molar-refractivity contribution in [2.24, 2.45) is 0 Å². The third-order valence-corrected chi connectivity index (χ3v) is 3.72. The van der Waals surface area contributed by atoms with Crippen LogP contribution in [0.2, 0.25) is 0 Å². The van der Waals surface area contributed by atoms with Gasteiger partial charge in [-0.05, 0) is 25.2 Å². The highest BCUT2D eigenvalue weighted by Crippen LogP contribution is 2.36. The van der Waals surface area contributed by atoms with E-state index in [-0.39, 0.29) is 12.4 Å². The fraction of sp³-hybridized carbons (Fsp3) is 0.500. The molecule has 0 bridgehead atoms. The maximum absolute atomic E-state index is 9.94. The molecule has 1 aliphatic carbocycles. The van der Waals surface area contributed by atoms with Crippen molar-refractivity contribution in [1.82, 2.24) is 10.5 Å². The molecular formula is C10H14N4O2S. The Morgan fingerprint density at radius 1 is 1.71 bits per heavy atom. The number of carbonyl (C=O) groups excluding carboxylic acids is 1. The normalized spacial score (nSPS) is 18.1. The highest BCUT2D eigenvalue weighted by atomic mass is 32.1. The Morgan fingerprint density at radius 2 is 2.53 bits per heavy atom. The molecule has 0 saturated heterocycles. The van der Waals surface area contributed by atoms with Crippen LogP contribution in [0.3, 0.4) is 0 Å². The number of hydrogen-bond donors (Lipinski definition) is 3. The number of fused-ring (bicyclic) bond motifs is 1. The molecule has 1 aromatic rings. The largest absolute Gasteiger partial charge is 0.344 e. The number of carbonyl (C=O) groups is 1. The molecule has 7 heteroatoms. The lowest BCUT2D eigenvalue weighted by molar-refractivity contribution is -0.132. The van der Waals surface area contributed by atoms with Gasteiger partial charge in [0.25, 0.3) is 0 Å². The number of anilines is 1. The van der Waals surface area contributed by atoms with E-state index < -0.39 is 0 Å². The Kier molecular flexibility index (Phi) is 3.58. The predicted molar refractivity (Wildman–Crippen MR) is 65.1 cm³/mol. The standard InChI is InChI=1S/C10H14N4O2S/c1-6-3-2-4-7-8(6)12-10(17-7)13-9(11)14-16-5-15/h5-6H,2-4H2,1H3,(H3,11,12,13,14). The van der Waals surface area contributed by atoms with E-state index in [4.69, 9.17) is 5.41 Å². The van der Waals surface area contributed by atoms with Gasteiger partial charge in [0.2, 0.25) is 5.96 Å². The summed E-state index contributed by atoms with van der Waals surface area (Å²) in [5.74, 6) is 0.384. The van der Waals surface area contributed by atoms with Gasteiger partial charge in [-0.15, -0.1) is 11.3 Å². The lowest BCUT2D eigenvalue weighted by atomic mass is 9.93. The first kappa shape index (κ1) is 11.8. The Balaban J connectivity index is 2.02. The van der Waals surface area contributed by atoms with Gasteiger partial charge in [0.15, 0.2) is 5.13 Å². The van der Waals surface area contributed by atoms with Gasteiger partial charge in [-0.25, -0.2) is 4.98 Å². The quantitative estimate of drug-likeness (QED) is 0.330. The van der Waals surface area contributed by atoms with E-state index in [1.165, 1.54) is 17.7 Å². The van der Waals surface area contributed by atoms with Crippen molar-refractivity contribution in [1.29, 1.82) is 5.41 Å². The molecule has 2 rings (SSSR count). The number of nitrogens with zero attached hydrogens (tertiary/aromatic N) is 1. The number of guanidine groups is 1. The van der Waals surface area contributed by atoms with Crippen molar-refractivity contribution in [2.75, 3.05) is 5.32 Å². The van der Waals surface area contributed by atoms with E-state index in [2.05, 4.69) is 27.5 Å². The summed E-state index contributed by atoms with van der Waals surface area (Å²) in [6, 6.07) is 0. The van der Waals surface area contributed by atoms with Gasteiger partial charge in [0, 0.05) is 4.88 Å². The molecule has 1 aliphatic rings. The van der Waals surface area contributed by atoms with E-state index in [9.17, 15) is 4.79 Å². The van der Waals surface area contributed by atoms with Crippen LogP contribution in [-0.4, -0.2) is 17.4 Å². The van der Waals surface area contributed by atoms with Crippen LogP contribution in [0.5, 0.6) is 0 Å². The van der Waals surface area contributed by atoms with Crippen molar-refractivity contribution >= 4 is 28.9 Å². The maximum atomic E-state index is 9.94. The summed E-state index contributed by atoms with van der Waals surface area (Å²) in [5.41, 5.74) is 3.28. The molecular weight excluding hydrogens is 240 g/mol. The Morgan fingerprint density at radius 3 is 3.24 bits per heavy atom. The Bertz CT molecular complexity index is 432. The summed E-state index contributed by atoms with van der Waals surface area (Å²) < 4.78 is 0. The lowest BCUT2D eigenvalue weighted by Crippen LogP contribution is -2.29. The third kappa shape index (κ3) is 2.73. The number of hydroxylamine groups is 1. The van der Waals surface area contributed by atoms with Crippen molar-refractivity contribution in [3.63, 3.8) is 0 Å². The first-order chi connectivity index (χ1) is 8.20. The zero-order valence-electron chi connectivity index (χ0n) is 9.45. The van der Waals surface area contributed by atoms with Crippen molar-refractivity contribution in [3.05, 3.63) is 10.6 Å².